The highest BCUT2D eigenvalue weighted by Gasteiger charge is 2.31. The Hall–Kier alpha value is -1.40. The number of pyridine rings is 1. The van der Waals surface area contributed by atoms with Crippen LogP contribution in [0.2, 0.25) is 0 Å². The number of aliphatic hydroxyl groups is 1. The third-order valence-electron chi connectivity index (χ3n) is 2.62. The minimum atomic E-state index is -4.44. The van der Waals surface area contributed by atoms with Crippen LogP contribution in [0.4, 0.5) is 13.2 Å². The van der Waals surface area contributed by atoms with E-state index in [9.17, 15) is 18.3 Å². The molecule has 1 heterocycles. The van der Waals surface area contributed by atoms with Gasteiger partial charge in [-0.2, -0.15) is 13.2 Å². The molecule has 1 unspecified atom stereocenters. The van der Waals surface area contributed by atoms with Crippen molar-refractivity contribution in [3.05, 3.63) is 63.9 Å². The number of rotatable bonds is 2. The molecule has 0 saturated carbocycles. The van der Waals surface area contributed by atoms with Gasteiger partial charge >= 0.3 is 6.18 Å². The minimum absolute atomic E-state index is 0.155. The van der Waals surface area contributed by atoms with Crippen LogP contribution in [0.25, 0.3) is 0 Å². The number of hydrogen-bond donors (Lipinski definition) is 1. The van der Waals surface area contributed by atoms with Crippen LogP contribution in [-0.2, 0) is 6.18 Å². The van der Waals surface area contributed by atoms with Crippen molar-refractivity contribution in [2.45, 2.75) is 12.3 Å². The summed E-state index contributed by atoms with van der Waals surface area (Å²) in [6, 6.07) is 6.38. The fourth-order valence-corrected chi connectivity index (χ4v) is 2.11. The van der Waals surface area contributed by atoms with Crippen LogP contribution in [-0.4, -0.2) is 10.1 Å². The van der Waals surface area contributed by atoms with Crippen LogP contribution in [0.15, 0.2) is 47.2 Å². The van der Waals surface area contributed by atoms with E-state index in [1.54, 1.807) is 12.1 Å². The van der Waals surface area contributed by atoms with Gasteiger partial charge in [0.1, 0.15) is 6.10 Å². The van der Waals surface area contributed by atoms with E-state index in [0.29, 0.717) is 10.0 Å². The smallest absolute Gasteiger partial charge is 0.384 e. The quantitative estimate of drug-likeness (QED) is 0.904. The number of alkyl halides is 3. The molecule has 19 heavy (non-hydrogen) atoms. The van der Waals surface area contributed by atoms with Gasteiger partial charge in [-0.05, 0) is 29.8 Å². The molecule has 1 aromatic carbocycles. The summed E-state index contributed by atoms with van der Waals surface area (Å²) in [4.78, 5) is 3.83. The van der Waals surface area contributed by atoms with Gasteiger partial charge in [0, 0.05) is 22.4 Å². The van der Waals surface area contributed by atoms with Crippen molar-refractivity contribution in [3.8, 4) is 0 Å². The second-order valence-electron chi connectivity index (χ2n) is 3.92. The van der Waals surface area contributed by atoms with Crippen LogP contribution < -0.4 is 0 Å². The molecule has 2 nitrogen and oxygen atoms in total. The molecule has 0 radical (unpaired) electrons. The fraction of sp³-hybridized carbons (Fsp3) is 0.154. The standard InChI is InChI=1S/C13H9BrF3NO/c14-11-4-3-9(13(15,16)17)6-10(11)12(19)8-2-1-5-18-7-8/h1-7,12,19H. The molecular weight excluding hydrogens is 323 g/mol. The van der Waals surface area contributed by atoms with E-state index in [4.69, 9.17) is 0 Å². The van der Waals surface area contributed by atoms with Crippen molar-refractivity contribution in [3.63, 3.8) is 0 Å². The molecule has 0 spiro atoms. The first-order valence-corrected chi connectivity index (χ1v) is 6.13. The second-order valence-corrected chi connectivity index (χ2v) is 4.78. The zero-order valence-corrected chi connectivity index (χ0v) is 11.1. The summed E-state index contributed by atoms with van der Waals surface area (Å²) in [5, 5.41) is 10.1. The third-order valence-corrected chi connectivity index (χ3v) is 3.34. The van der Waals surface area contributed by atoms with Gasteiger partial charge in [0.15, 0.2) is 0 Å². The van der Waals surface area contributed by atoms with E-state index in [-0.39, 0.29) is 5.56 Å². The number of benzene rings is 1. The van der Waals surface area contributed by atoms with Gasteiger partial charge in [0.05, 0.1) is 5.56 Å². The minimum Gasteiger partial charge on any atom is -0.384 e. The zero-order valence-electron chi connectivity index (χ0n) is 9.53. The van der Waals surface area contributed by atoms with E-state index in [1.807, 2.05) is 0 Å². The Balaban J connectivity index is 2.45. The van der Waals surface area contributed by atoms with Crippen LogP contribution in [0, 0.1) is 0 Å². The molecule has 1 aromatic heterocycles. The van der Waals surface area contributed by atoms with Crippen molar-refractivity contribution in [2.75, 3.05) is 0 Å². The van der Waals surface area contributed by atoms with Crippen LogP contribution >= 0.6 is 15.9 Å². The summed E-state index contributed by atoms with van der Waals surface area (Å²) in [5.41, 5.74) is -0.209. The second kappa shape index (κ2) is 5.30. The molecule has 0 aliphatic carbocycles. The van der Waals surface area contributed by atoms with Crippen LogP contribution in [0.1, 0.15) is 22.8 Å². The number of halogens is 4. The van der Waals surface area contributed by atoms with E-state index in [2.05, 4.69) is 20.9 Å². The van der Waals surface area contributed by atoms with Crippen molar-refractivity contribution < 1.29 is 18.3 Å². The maximum absolute atomic E-state index is 12.7. The molecule has 2 aromatic rings. The normalized spacial score (nSPS) is 13.3. The number of aromatic nitrogens is 1. The van der Waals surface area contributed by atoms with Gasteiger partial charge in [0.25, 0.3) is 0 Å². The van der Waals surface area contributed by atoms with Gasteiger partial charge < -0.3 is 5.11 Å². The molecule has 0 fully saturated rings. The molecule has 100 valence electrons. The SMILES string of the molecule is OC(c1cccnc1)c1cc(C(F)(F)F)ccc1Br. The van der Waals surface area contributed by atoms with Crippen LogP contribution in [0.5, 0.6) is 0 Å². The zero-order chi connectivity index (χ0) is 14.0. The summed E-state index contributed by atoms with van der Waals surface area (Å²) in [6.45, 7) is 0. The Morgan fingerprint density at radius 2 is 1.95 bits per heavy atom. The first-order valence-electron chi connectivity index (χ1n) is 5.34. The summed E-state index contributed by atoms with van der Waals surface area (Å²) < 4.78 is 38.4. The van der Waals surface area contributed by atoms with Crippen molar-refractivity contribution in [1.29, 1.82) is 0 Å². The number of aliphatic hydroxyl groups excluding tert-OH is 1. The summed E-state index contributed by atoms with van der Waals surface area (Å²) in [5.74, 6) is 0. The summed E-state index contributed by atoms with van der Waals surface area (Å²) in [7, 11) is 0. The number of nitrogens with zero attached hydrogens (tertiary/aromatic N) is 1. The van der Waals surface area contributed by atoms with E-state index < -0.39 is 17.8 Å². The molecule has 0 bridgehead atoms. The van der Waals surface area contributed by atoms with Gasteiger partial charge in [-0.25, -0.2) is 0 Å². The molecule has 1 atom stereocenters. The maximum atomic E-state index is 12.7. The van der Waals surface area contributed by atoms with Crippen molar-refractivity contribution in [1.82, 2.24) is 4.98 Å². The fourth-order valence-electron chi connectivity index (χ4n) is 1.65. The molecule has 0 amide bonds. The Bertz CT molecular complexity index is 572. The molecule has 0 aliphatic heterocycles. The maximum Gasteiger partial charge on any atom is 0.416 e. The lowest BCUT2D eigenvalue weighted by Crippen LogP contribution is -2.08. The molecule has 2 rings (SSSR count). The van der Waals surface area contributed by atoms with E-state index >= 15 is 0 Å². The lowest BCUT2D eigenvalue weighted by atomic mass is 10.0. The lowest BCUT2D eigenvalue weighted by Gasteiger charge is -2.15. The molecular formula is C13H9BrF3NO. The highest BCUT2D eigenvalue weighted by molar-refractivity contribution is 9.10. The van der Waals surface area contributed by atoms with Crippen LogP contribution in [0.3, 0.4) is 0 Å². The highest BCUT2D eigenvalue weighted by atomic mass is 79.9. The number of hydrogen-bond acceptors (Lipinski definition) is 2. The highest BCUT2D eigenvalue weighted by Crippen LogP contribution is 2.35. The molecule has 0 aliphatic rings. The van der Waals surface area contributed by atoms with Gasteiger partial charge in [-0.3, -0.25) is 4.98 Å². The largest absolute Gasteiger partial charge is 0.416 e. The summed E-state index contributed by atoms with van der Waals surface area (Å²) in [6.07, 6.45) is -2.66. The molecule has 1 N–H and O–H groups in total. The molecule has 6 heteroatoms. The van der Waals surface area contributed by atoms with Gasteiger partial charge in [0.2, 0.25) is 0 Å². The van der Waals surface area contributed by atoms with Gasteiger partial charge in [-0.15, -0.1) is 0 Å². The Kier molecular flexibility index (Phi) is 3.91. The Labute approximate surface area is 116 Å². The van der Waals surface area contributed by atoms with Gasteiger partial charge in [-0.1, -0.05) is 22.0 Å². The average molecular weight is 332 g/mol. The lowest BCUT2D eigenvalue weighted by molar-refractivity contribution is -0.137. The monoisotopic (exact) mass is 331 g/mol. The van der Waals surface area contributed by atoms with Crippen molar-refractivity contribution >= 4 is 15.9 Å². The topological polar surface area (TPSA) is 33.1 Å². The summed E-state index contributed by atoms with van der Waals surface area (Å²) >= 11 is 3.15. The van der Waals surface area contributed by atoms with E-state index in [0.717, 1.165) is 12.1 Å². The Morgan fingerprint density at radius 3 is 2.53 bits per heavy atom. The van der Waals surface area contributed by atoms with E-state index in [1.165, 1.54) is 18.5 Å². The first-order chi connectivity index (χ1) is 8.89. The Morgan fingerprint density at radius 1 is 1.21 bits per heavy atom. The molecule has 0 saturated heterocycles. The first kappa shape index (κ1) is 14.0. The van der Waals surface area contributed by atoms with Crippen molar-refractivity contribution in [2.24, 2.45) is 0 Å². The average Bonchev–Trinajstić information content (AvgIpc) is 2.38. The predicted molar refractivity (Wildman–Crippen MR) is 67.4 cm³/mol. The third kappa shape index (κ3) is 3.13. The predicted octanol–water partition coefficient (Wildman–Crippen LogP) is 3.94.